The molecule has 82 valence electrons. The van der Waals surface area contributed by atoms with Crippen molar-refractivity contribution < 1.29 is 0 Å². The summed E-state index contributed by atoms with van der Waals surface area (Å²) in [6.45, 7) is 4.30. The summed E-state index contributed by atoms with van der Waals surface area (Å²) in [7, 11) is 0. The van der Waals surface area contributed by atoms with E-state index >= 15 is 0 Å². The first-order chi connectivity index (χ1) is 6.41. The van der Waals surface area contributed by atoms with Gasteiger partial charge in [0.25, 0.3) is 0 Å². The van der Waals surface area contributed by atoms with Gasteiger partial charge in [-0.1, -0.05) is 35.9 Å². The zero-order chi connectivity index (χ0) is 10.9. The van der Waals surface area contributed by atoms with Crippen LogP contribution in [0.25, 0.3) is 0 Å². The largest absolute Gasteiger partial charge is 0.122 e. The second kappa shape index (κ2) is 4.95. The summed E-state index contributed by atoms with van der Waals surface area (Å²) < 4.78 is 0. The van der Waals surface area contributed by atoms with Gasteiger partial charge in [0, 0.05) is 10.7 Å². The summed E-state index contributed by atoms with van der Waals surface area (Å²) in [6.07, 6.45) is 2.85. The van der Waals surface area contributed by atoms with Crippen molar-refractivity contribution in [1.29, 1.82) is 0 Å². The molecule has 0 aromatic heterocycles. The quantitative estimate of drug-likeness (QED) is 0.491. The maximum Gasteiger partial charge on any atom is 0.0621 e. The Balaban J connectivity index is 2.95. The van der Waals surface area contributed by atoms with Gasteiger partial charge in [-0.25, -0.2) is 0 Å². The third-order valence-electron chi connectivity index (χ3n) is 2.84. The minimum atomic E-state index is -0.0399. The third-order valence-corrected chi connectivity index (χ3v) is 5.79. The summed E-state index contributed by atoms with van der Waals surface area (Å²) in [5, 5.41) is -0.0319. The van der Waals surface area contributed by atoms with Crippen LogP contribution in [0, 0.1) is 5.41 Å². The molecule has 1 saturated carbocycles. The predicted octanol–water partition coefficient (Wildman–Crippen LogP) is 4.56. The van der Waals surface area contributed by atoms with E-state index in [-0.39, 0.29) is 16.2 Å². The molecule has 0 bridgehead atoms. The minimum Gasteiger partial charge on any atom is -0.122 e. The molecular formula is C10H14BrCl3. The Labute approximate surface area is 109 Å². The van der Waals surface area contributed by atoms with Crippen LogP contribution < -0.4 is 0 Å². The topological polar surface area (TPSA) is 0 Å². The summed E-state index contributed by atoms with van der Waals surface area (Å²) in [6, 6.07) is 0. The lowest BCUT2D eigenvalue weighted by Crippen LogP contribution is -2.43. The minimum absolute atomic E-state index is 0.00801. The highest BCUT2D eigenvalue weighted by molar-refractivity contribution is 9.09. The first-order valence-electron chi connectivity index (χ1n) is 4.59. The van der Waals surface area contributed by atoms with E-state index in [9.17, 15) is 0 Å². The molecule has 3 atom stereocenters. The van der Waals surface area contributed by atoms with E-state index in [1.807, 2.05) is 6.08 Å². The highest BCUT2D eigenvalue weighted by Gasteiger charge is 2.44. The van der Waals surface area contributed by atoms with Crippen LogP contribution in [0.4, 0.5) is 0 Å². The molecule has 1 aliphatic carbocycles. The molecule has 0 radical (unpaired) electrons. The van der Waals surface area contributed by atoms with E-state index in [0.717, 1.165) is 12.0 Å². The maximum absolute atomic E-state index is 6.40. The van der Waals surface area contributed by atoms with Gasteiger partial charge in [-0.05, 0) is 17.4 Å². The standard InChI is InChI=1S/C10H14BrCl3/c1-10(2)8(11)5-7(13)6(3-4-12)9(10)14/h3,7-9H,4-5H2,1-2H3/b6-3-/t7-,8-,9-/m0/s1. The molecule has 0 spiro atoms. The molecule has 0 nitrogen and oxygen atoms in total. The van der Waals surface area contributed by atoms with Gasteiger partial charge in [0.2, 0.25) is 0 Å². The molecule has 0 N–H and O–H groups in total. The van der Waals surface area contributed by atoms with Crippen molar-refractivity contribution in [3.8, 4) is 0 Å². The van der Waals surface area contributed by atoms with Crippen LogP contribution in [0.1, 0.15) is 20.3 Å². The molecule has 0 aromatic carbocycles. The smallest absolute Gasteiger partial charge is 0.0621 e. The zero-order valence-corrected chi connectivity index (χ0v) is 12.1. The third kappa shape index (κ3) is 2.42. The Kier molecular flexibility index (Phi) is 4.65. The Bertz CT molecular complexity index is 238. The highest BCUT2D eigenvalue weighted by Crippen LogP contribution is 2.47. The number of hydrogen-bond donors (Lipinski definition) is 0. The van der Waals surface area contributed by atoms with Crippen LogP contribution in [0.15, 0.2) is 11.6 Å². The number of halogens is 4. The molecular weight excluding hydrogens is 306 g/mol. The van der Waals surface area contributed by atoms with Gasteiger partial charge in [-0.15, -0.1) is 34.8 Å². The molecule has 0 saturated heterocycles. The first-order valence-corrected chi connectivity index (χ1v) is 6.91. The van der Waals surface area contributed by atoms with Crippen LogP contribution in [0.5, 0.6) is 0 Å². The van der Waals surface area contributed by atoms with Crippen molar-refractivity contribution in [2.45, 2.75) is 35.8 Å². The number of rotatable bonds is 1. The van der Waals surface area contributed by atoms with Crippen molar-refractivity contribution in [3.63, 3.8) is 0 Å². The highest BCUT2D eigenvalue weighted by atomic mass is 79.9. The molecule has 1 fully saturated rings. The van der Waals surface area contributed by atoms with Gasteiger partial charge in [-0.3, -0.25) is 0 Å². The zero-order valence-electron chi connectivity index (χ0n) is 8.24. The van der Waals surface area contributed by atoms with E-state index in [2.05, 4.69) is 29.8 Å². The maximum atomic E-state index is 6.40. The van der Waals surface area contributed by atoms with Crippen LogP contribution in [-0.2, 0) is 0 Å². The van der Waals surface area contributed by atoms with E-state index in [1.165, 1.54) is 0 Å². The molecule has 0 heterocycles. The Morgan fingerprint density at radius 2 is 2.07 bits per heavy atom. The fourth-order valence-electron chi connectivity index (χ4n) is 1.69. The first kappa shape index (κ1) is 13.2. The van der Waals surface area contributed by atoms with Crippen LogP contribution in [0.2, 0.25) is 0 Å². The number of allylic oxidation sites excluding steroid dienone is 2. The lowest BCUT2D eigenvalue weighted by atomic mass is 9.74. The van der Waals surface area contributed by atoms with E-state index < -0.39 is 0 Å². The Hall–Kier alpha value is 1.09. The summed E-state index contributed by atoms with van der Waals surface area (Å²) in [5.41, 5.74) is 1.09. The monoisotopic (exact) mass is 318 g/mol. The van der Waals surface area contributed by atoms with Gasteiger partial charge >= 0.3 is 0 Å². The molecule has 0 unspecified atom stereocenters. The summed E-state index contributed by atoms with van der Waals surface area (Å²) >= 11 is 22.0. The van der Waals surface area contributed by atoms with Gasteiger partial charge in [0.15, 0.2) is 0 Å². The fraction of sp³-hybridized carbons (Fsp3) is 0.800. The van der Waals surface area contributed by atoms with Crippen LogP contribution >= 0.6 is 50.7 Å². The SMILES string of the molecule is CC1(C)[C@@H](Br)C[C@H](Cl)/C(=C/CCl)[C@@H]1Cl. The van der Waals surface area contributed by atoms with Crippen molar-refractivity contribution in [1.82, 2.24) is 0 Å². The molecule has 4 heteroatoms. The lowest BCUT2D eigenvalue weighted by molar-refractivity contribution is 0.315. The van der Waals surface area contributed by atoms with E-state index in [0.29, 0.717) is 10.7 Å². The predicted molar refractivity (Wildman–Crippen MR) is 69.2 cm³/mol. The van der Waals surface area contributed by atoms with Gasteiger partial charge in [-0.2, -0.15) is 0 Å². The fourth-order valence-corrected chi connectivity index (χ4v) is 3.72. The second-order valence-corrected chi connectivity index (χ2v) is 6.59. The lowest BCUT2D eigenvalue weighted by Gasteiger charge is -2.43. The van der Waals surface area contributed by atoms with Gasteiger partial charge in [0.05, 0.1) is 10.8 Å². The normalized spacial score (nSPS) is 40.1. The summed E-state index contributed by atoms with van der Waals surface area (Å²) in [4.78, 5) is 0.354. The molecule has 0 aliphatic heterocycles. The Morgan fingerprint density at radius 1 is 1.50 bits per heavy atom. The van der Waals surface area contributed by atoms with E-state index in [4.69, 9.17) is 34.8 Å². The van der Waals surface area contributed by atoms with Crippen molar-refractivity contribution in [2.24, 2.45) is 5.41 Å². The molecule has 14 heavy (non-hydrogen) atoms. The number of hydrogen-bond acceptors (Lipinski definition) is 0. The molecule has 0 amide bonds. The molecule has 0 aromatic rings. The molecule has 1 aliphatic rings. The number of alkyl halides is 4. The van der Waals surface area contributed by atoms with Crippen LogP contribution in [0.3, 0.4) is 0 Å². The Morgan fingerprint density at radius 3 is 2.57 bits per heavy atom. The second-order valence-electron chi connectivity index (χ2n) is 4.21. The van der Waals surface area contributed by atoms with Crippen molar-refractivity contribution in [2.75, 3.05) is 5.88 Å². The van der Waals surface area contributed by atoms with Crippen molar-refractivity contribution >= 4 is 50.7 Å². The van der Waals surface area contributed by atoms with E-state index in [1.54, 1.807) is 0 Å². The average Bonchev–Trinajstić information content (AvgIpc) is 2.10. The van der Waals surface area contributed by atoms with Gasteiger partial charge < -0.3 is 0 Å². The van der Waals surface area contributed by atoms with Crippen molar-refractivity contribution in [3.05, 3.63) is 11.6 Å². The summed E-state index contributed by atoms with van der Waals surface area (Å²) in [5.74, 6) is 0.477. The van der Waals surface area contributed by atoms with Crippen LogP contribution in [-0.4, -0.2) is 21.5 Å². The molecule has 1 rings (SSSR count). The van der Waals surface area contributed by atoms with Gasteiger partial charge in [0.1, 0.15) is 0 Å². The average molecular weight is 320 g/mol.